The number of benzene rings is 2. The number of fused-ring (bicyclic) bond motifs is 2. The van der Waals surface area contributed by atoms with Crippen LogP contribution in [-0.4, -0.2) is 54.4 Å². The van der Waals surface area contributed by atoms with Gasteiger partial charge >= 0.3 is 12.1 Å². The highest BCUT2D eigenvalue weighted by Crippen LogP contribution is 2.30. The monoisotopic (exact) mass is 602 g/mol. The van der Waals surface area contributed by atoms with Crippen LogP contribution in [-0.2, 0) is 44.6 Å². The third-order valence-electron chi connectivity index (χ3n) is 7.96. The van der Waals surface area contributed by atoms with E-state index in [-0.39, 0.29) is 43.3 Å². The molecule has 3 aliphatic rings. The fourth-order valence-electron chi connectivity index (χ4n) is 5.57. The number of ether oxygens (including phenoxy) is 3. The Morgan fingerprint density at radius 3 is 2.32 bits per heavy atom. The molecule has 44 heavy (non-hydrogen) atoms. The van der Waals surface area contributed by atoms with Gasteiger partial charge in [-0.2, -0.15) is 0 Å². The molecule has 3 amide bonds. The van der Waals surface area contributed by atoms with Gasteiger partial charge in [0.25, 0.3) is 11.8 Å². The largest absolute Gasteiger partial charge is 0.537 e. The van der Waals surface area contributed by atoms with E-state index < -0.39 is 30.2 Å². The number of nitrogens with one attached hydrogen (secondary N) is 1. The molecule has 0 bridgehead atoms. The zero-order chi connectivity index (χ0) is 31.1. The van der Waals surface area contributed by atoms with E-state index in [2.05, 4.69) is 22.0 Å². The van der Waals surface area contributed by atoms with Gasteiger partial charge in [0.05, 0.1) is 12.0 Å². The maximum absolute atomic E-state index is 12.7. The average Bonchev–Trinajstić information content (AvgIpc) is 3.32. The second-order valence-electron chi connectivity index (χ2n) is 11.1. The van der Waals surface area contributed by atoms with Gasteiger partial charge in [-0.25, -0.2) is 4.79 Å². The van der Waals surface area contributed by atoms with Gasteiger partial charge in [0.2, 0.25) is 12.2 Å². The fraction of sp³-hybridized carbons (Fsp3) is 0.424. The van der Waals surface area contributed by atoms with Crippen LogP contribution in [0.2, 0.25) is 0 Å². The number of nitrogens with zero attached hydrogens (tertiary/aromatic N) is 1. The normalized spacial score (nSPS) is 21.4. The van der Waals surface area contributed by atoms with E-state index in [4.69, 9.17) is 14.2 Å². The minimum absolute atomic E-state index is 0.0439. The van der Waals surface area contributed by atoms with E-state index in [1.165, 1.54) is 6.92 Å². The molecule has 2 aromatic rings. The van der Waals surface area contributed by atoms with Crippen molar-refractivity contribution in [1.82, 2.24) is 10.4 Å². The van der Waals surface area contributed by atoms with Crippen molar-refractivity contribution in [2.24, 2.45) is 11.8 Å². The SMILES string of the molecule is CC(OC(=O)ON1C(=O)CCC1=O)OC(=O)C1CCC(CNC(=O)COC2Cc3ccccc3C#Cc3ccccc32)CC1. The second-order valence-corrected chi connectivity index (χ2v) is 11.1. The molecule has 2 fully saturated rings. The Morgan fingerprint density at radius 2 is 1.57 bits per heavy atom. The molecule has 2 unspecified atom stereocenters. The zero-order valence-electron chi connectivity index (χ0n) is 24.4. The van der Waals surface area contributed by atoms with Crippen LogP contribution >= 0.6 is 0 Å². The standard InChI is InChI=1S/C33H34N2O9/c1-21(43-33(40)44-35-30(37)16-17-31(35)38)42-32(39)25-12-10-22(11-13-25)19-34-29(36)20-41-28-18-26-8-3-2-6-23(26)14-15-24-7-4-5-9-27(24)28/h2-9,21-22,25,28H,10-13,16-20H2,1H3,(H,34,36). The lowest BCUT2D eigenvalue weighted by Gasteiger charge is -2.28. The molecule has 2 aliphatic carbocycles. The molecule has 230 valence electrons. The van der Waals surface area contributed by atoms with Crippen LogP contribution < -0.4 is 5.32 Å². The lowest BCUT2D eigenvalue weighted by molar-refractivity contribution is -0.193. The summed E-state index contributed by atoms with van der Waals surface area (Å²) in [7, 11) is 0. The predicted octanol–water partition coefficient (Wildman–Crippen LogP) is 3.73. The summed E-state index contributed by atoms with van der Waals surface area (Å²) in [4.78, 5) is 64.9. The van der Waals surface area contributed by atoms with Crippen molar-refractivity contribution in [1.29, 1.82) is 0 Å². The van der Waals surface area contributed by atoms with Crippen molar-refractivity contribution in [3.63, 3.8) is 0 Å². The molecule has 1 aliphatic heterocycles. The molecule has 1 heterocycles. The van der Waals surface area contributed by atoms with E-state index in [9.17, 15) is 24.0 Å². The zero-order valence-corrected chi connectivity index (χ0v) is 24.4. The quantitative estimate of drug-likeness (QED) is 0.197. The molecule has 2 aromatic carbocycles. The highest BCUT2D eigenvalue weighted by molar-refractivity contribution is 6.01. The smallest absolute Gasteiger partial charge is 0.425 e. The summed E-state index contributed by atoms with van der Waals surface area (Å²) in [6.45, 7) is 1.73. The summed E-state index contributed by atoms with van der Waals surface area (Å²) in [6.07, 6.45) is 0.179. The molecular formula is C33H34N2O9. The van der Waals surface area contributed by atoms with Crippen LogP contribution in [0.15, 0.2) is 48.5 Å². The number of imide groups is 1. The van der Waals surface area contributed by atoms with Gasteiger partial charge < -0.3 is 19.5 Å². The fourth-order valence-corrected chi connectivity index (χ4v) is 5.57. The molecule has 11 nitrogen and oxygen atoms in total. The van der Waals surface area contributed by atoms with Crippen LogP contribution in [0.25, 0.3) is 0 Å². The molecule has 1 N–H and O–H groups in total. The van der Waals surface area contributed by atoms with Crippen LogP contribution in [0.5, 0.6) is 0 Å². The van der Waals surface area contributed by atoms with Crippen molar-refractivity contribution < 1.29 is 43.0 Å². The molecule has 0 radical (unpaired) electrons. The van der Waals surface area contributed by atoms with Gasteiger partial charge in [-0.1, -0.05) is 53.3 Å². The molecule has 1 saturated heterocycles. The van der Waals surface area contributed by atoms with Crippen LogP contribution in [0, 0.1) is 23.7 Å². The first kappa shape index (κ1) is 30.8. The average molecular weight is 603 g/mol. The number of hydrogen-bond acceptors (Lipinski definition) is 9. The molecule has 1 saturated carbocycles. The maximum atomic E-state index is 12.7. The summed E-state index contributed by atoms with van der Waals surface area (Å²) in [6, 6.07) is 15.8. The lowest BCUT2D eigenvalue weighted by Crippen LogP contribution is -2.36. The van der Waals surface area contributed by atoms with Gasteiger partial charge in [-0.3, -0.25) is 24.0 Å². The Balaban J connectivity index is 1.02. The predicted molar refractivity (Wildman–Crippen MR) is 154 cm³/mol. The summed E-state index contributed by atoms with van der Waals surface area (Å²) >= 11 is 0. The van der Waals surface area contributed by atoms with E-state index >= 15 is 0 Å². The molecule has 0 spiro atoms. The summed E-state index contributed by atoms with van der Waals surface area (Å²) in [5.74, 6) is 4.31. The third kappa shape index (κ3) is 7.82. The van der Waals surface area contributed by atoms with Gasteiger partial charge in [-0.15, -0.1) is 0 Å². The Kier molecular flexibility index (Phi) is 9.92. The minimum Gasteiger partial charge on any atom is -0.425 e. The van der Waals surface area contributed by atoms with Crippen molar-refractivity contribution in [3.8, 4) is 11.8 Å². The Hall–Kier alpha value is -4.69. The maximum Gasteiger partial charge on any atom is 0.537 e. The van der Waals surface area contributed by atoms with E-state index in [0.717, 1.165) is 22.3 Å². The number of amides is 3. The number of esters is 1. The molecule has 5 rings (SSSR count). The van der Waals surface area contributed by atoms with E-state index in [0.29, 0.717) is 43.7 Å². The highest BCUT2D eigenvalue weighted by atomic mass is 16.9. The number of carbonyl (C=O) groups is 5. The third-order valence-corrected chi connectivity index (χ3v) is 7.96. The van der Waals surface area contributed by atoms with Gasteiger partial charge in [0, 0.05) is 43.9 Å². The van der Waals surface area contributed by atoms with Gasteiger partial charge in [0.15, 0.2) is 0 Å². The van der Waals surface area contributed by atoms with Crippen LogP contribution in [0.4, 0.5) is 4.79 Å². The van der Waals surface area contributed by atoms with Gasteiger partial charge in [0.1, 0.15) is 6.61 Å². The second kappa shape index (κ2) is 14.2. The number of carbonyl (C=O) groups excluding carboxylic acids is 5. The first-order valence-electron chi connectivity index (χ1n) is 14.8. The molecular weight excluding hydrogens is 568 g/mol. The van der Waals surface area contributed by atoms with Gasteiger partial charge in [-0.05, 0) is 54.9 Å². The summed E-state index contributed by atoms with van der Waals surface area (Å²) < 4.78 is 16.2. The number of hydrogen-bond donors (Lipinski definition) is 1. The Morgan fingerprint density at radius 1 is 0.909 bits per heavy atom. The molecule has 11 heteroatoms. The Labute approximate surface area is 255 Å². The van der Waals surface area contributed by atoms with E-state index in [1.807, 2.05) is 48.5 Å². The van der Waals surface area contributed by atoms with Crippen LogP contribution in [0.1, 0.15) is 73.8 Å². The molecule has 0 aromatic heterocycles. The Bertz CT molecular complexity index is 1470. The summed E-state index contributed by atoms with van der Waals surface area (Å²) in [5, 5.41) is 3.32. The van der Waals surface area contributed by atoms with Crippen molar-refractivity contribution in [2.75, 3.05) is 13.2 Å². The first-order chi connectivity index (χ1) is 21.3. The van der Waals surface area contributed by atoms with Crippen LogP contribution in [0.3, 0.4) is 0 Å². The number of hydroxylamine groups is 2. The van der Waals surface area contributed by atoms with E-state index in [1.54, 1.807) is 0 Å². The first-order valence-corrected chi connectivity index (χ1v) is 14.8. The summed E-state index contributed by atoms with van der Waals surface area (Å²) in [5.41, 5.74) is 3.88. The van der Waals surface area contributed by atoms with Crippen molar-refractivity contribution >= 4 is 29.8 Å². The van der Waals surface area contributed by atoms with Crippen molar-refractivity contribution in [3.05, 3.63) is 70.8 Å². The lowest BCUT2D eigenvalue weighted by atomic mass is 9.82. The van der Waals surface area contributed by atoms with Crippen molar-refractivity contribution in [2.45, 2.75) is 64.3 Å². The highest BCUT2D eigenvalue weighted by Gasteiger charge is 2.35. The minimum atomic E-state index is -1.31. The topological polar surface area (TPSA) is 138 Å². The molecule has 2 atom stereocenters. The number of rotatable bonds is 9.